The van der Waals surface area contributed by atoms with Gasteiger partial charge < -0.3 is 9.47 Å². The zero-order valence-electron chi connectivity index (χ0n) is 14.9. The first kappa shape index (κ1) is 17.4. The van der Waals surface area contributed by atoms with Gasteiger partial charge in [-0.3, -0.25) is 0 Å². The maximum Gasteiger partial charge on any atom is 0.108 e. The molecule has 1 aliphatic heterocycles. The second-order valence-electron chi connectivity index (χ2n) is 7.09. The normalized spacial score (nSPS) is 17.8. The molecule has 0 radical (unpaired) electrons. The summed E-state index contributed by atoms with van der Waals surface area (Å²) in [7, 11) is 2.23. The van der Waals surface area contributed by atoms with Crippen molar-refractivity contribution in [2.45, 2.75) is 31.8 Å². The summed E-state index contributed by atoms with van der Waals surface area (Å²) in [4.78, 5) is 13.2. The molecule has 5 heteroatoms. The van der Waals surface area contributed by atoms with Gasteiger partial charge in [0.05, 0.1) is 0 Å². The summed E-state index contributed by atoms with van der Waals surface area (Å²) in [5.74, 6) is 0. The topological polar surface area (TPSA) is 37.6 Å². The standard InChI is InChI=1S/C21H22BrN3O/c1-24-11-2-3-19(24)10-12-25-20-9-6-17(22)13-16(20)14-21(25)15-4-7-18(23-26)8-5-15/h4-9,13-14,19H,2-3,10-12H2,1H3. The van der Waals surface area contributed by atoms with Crippen LogP contribution in [0.2, 0.25) is 0 Å². The lowest BCUT2D eigenvalue weighted by Gasteiger charge is -2.20. The molecule has 0 amide bonds. The lowest BCUT2D eigenvalue weighted by Crippen LogP contribution is -2.26. The average Bonchev–Trinajstić information content (AvgIpc) is 3.22. The smallest absolute Gasteiger partial charge is 0.108 e. The number of likely N-dealkylation sites (tertiary alicyclic amines) is 1. The average molecular weight is 412 g/mol. The summed E-state index contributed by atoms with van der Waals surface area (Å²) in [6, 6.07) is 16.9. The van der Waals surface area contributed by atoms with Crippen molar-refractivity contribution in [3.05, 3.63) is 57.9 Å². The van der Waals surface area contributed by atoms with E-state index in [-0.39, 0.29) is 0 Å². The van der Waals surface area contributed by atoms with E-state index in [1.54, 1.807) is 12.1 Å². The summed E-state index contributed by atoms with van der Waals surface area (Å²) in [6.45, 7) is 2.19. The molecule has 0 spiro atoms. The van der Waals surface area contributed by atoms with Crippen molar-refractivity contribution < 1.29 is 0 Å². The van der Waals surface area contributed by atoms with Crippen molar-refractivity contribution in [1.29, 1.82) is 0 Å². The van der Waals surface area contributed by atoms with E-state index < -0.39 is 0 Å². The van der Waals surface area contributed by atoms with Gasteiger partial charge in [0.25, 0.3) is 0 Å². The Labute approximate surface area is 161 Å². The number of rotatable bonds is 5. The molecule has 26 heavy (non-hydrogen) atoms. The number of nitroso groups, excluding NO2 is 1. The molecule has 1 unspecified atom stereocenters. The fraction of sp³-hybridized carbons (Fsp3) is 0.333. The summed E-state index contributed by atoms with van der Waals surface area (Å²) in [5.41, 5.74) is 4.02. The number of aromatic nitrogens is 1. The van der Waals surface area contributed by atoms with Crippen molar-refractivity contribution in [3.8, 4) is 11.3 Å². The van der Waals surface area contributed by atoms with Crippen LogP contribution in [0, 0.1) is 4.91 Å². The van der Waals surface area contributed by atoms with Gasteiger partial charge in [0.1, 0.15) is 5.69 Å². The molecule has 1 aliphatic rings. The summed E-state index contributed by atoms with van der Waals surface area (Å²) < 4.78 is 3.50. The molecular formula is C21H22BrN3O. The Kier molecular flexibility index (Phi) is 4.92. The second kappa shape index (κ2) is 7.33. The van der Waals surface area contributed by atoms with E-state index >= 15 is 0 Å². The van der Waals surface area contributed by atoms with Crippen LogP contribution < -0.4 is 0 Å². The quantitative estimate of drug-likeness (QED) is 0.486. The van der Waals surface area contributed by atoms with Gasteiger partial charge in [0.15, 0.2) is 0 Å². The molecule has 0 aliphatic carbocycles. The Morgan fingerprint density at radius 1 is 1.15 bits per heavy atom. The van der Waals surface area contributed by atoms with Gasteiger partial charge in [-0.25, -0.2) is 0 Å². The maximum atomic E-state index is 10.7. The van der Waals surface area contributed by atoms with Gasteiger partial charge >= 0.3 is 0 Å². The fourth-order valence-electron chi connectivity index (χ4n) is 4.04. The molecule has 2 heterocycles. The monoisotopic (exact) mass is 411 g/mol. The second-order valence-corrected chi connectivity index (χ2v) is 8.00. The predicted molar refractivity (Wildman–Crippen MR) is 111 cm³/mol. The van der Waals surface area contributed by atoms with E-state index in [0.717, 1.165) is 23.0 Å². The first-order valence-corrected chi connectivity index (χ1v) is 9.88. The molecule has 0 bridgehead atoms. The van der Waals surface area contributed by atoms with Gasteiger partial charge in [-0.15, -0.1) is 4.91 Å². The largest absolute Gasteiger partial charge is 0.340 e. The Morgan fingerprint density at radius 2 is 1.96 bits per heavy atom. The number of nitrogens with zero attached hydrogens (tertiary/aromatic N) is 3. The van der Waals surface area contributed by atoms with Gasteiger partial charge in [-0.1, -0.05) is 28.1 Å². The lowest BCUT2D eigenvalue weighted by atomic mass is 10.1. The van der Waals surface area contributed by atoms with E-state index in [2.05, 4.69) is 61.9 Å². The first-order valence-electron chi connectivity index (χ1n) is 9.08. The van der Waals surface area contributed by atoms with Crippen molar-refractivity contribution >= 4 is 32.5 Å². The molecular weight excluding hydrogens is 390 g/mol. The van der Waals surface area contributed by atoms with Crippen LogP contribution >= 0.6 is 15.9 Å². The van der Waals surface area contributed by atoms with Crippen LogP contribution in [0.3, 0.4) is 0 Å². The third-order valence-electron chi connectivity index (χ3n) is 5.49. The number of benzene rings is 2. The van der Waals surface area contributed by atoms with Crippen molar-refractivity contribution in [1.82, 2.24) is 9.47 Å². The zero-order valence-corrected chi connectivity index (χ0v) is 16.4. The minimum Gasteiger partial charge on any atom is -0.340 e. The lowest BCUT2D eigenvalue weighted by molar-refractivity contribution is 0.287. The van der Waals surface area contributed by atoms with Gasteiger partial charge in [0, 0.05) is 33.7 Å². The van der Waals surface area contributed by atoms with Crippen molar-refractivity contribution in [2.24, 2.45) is 5.18 Å². The molecule has 2 aromatic carbocycles. The van der Waals surface area contributed by atoms with Crippen LogP contribution in [0.4, 0.5) is 5.69 Å². The number of halogens is 1. The van der Waals surface area contributed by atoms with Crippen LogP contribution in [0.1, 0.15) is 19.3 Å². The fourth-order valence-corrected chi connectivity index (χ4v) is 4.42. The highest BCUT2D eigenvalue weighted by atomic mass is 79.9. The molecule has 1 fully saturated rings. The number of hydrogen-bond donors (Lipinski definition) is 0. The van der Waals surface area contributed by atoms with Crippen LogP contribution in [0.5, 0.6) is 0 Å². The van der Waals surface area contributed by atoms with E-state index in [0.29, 0.717) is 11.7 Å². The SMILES string of the molecule is CN1CCCC1CCn1c(-c2ccc(N=O)cc2)cc2cc(Br)ccc21. The molecule has 1 atom stereocenters. The molecule has 1 saturated heterocycles. The highest BCUT2D eigenvalue weighted by Gasteiger charge is 2.21. The third-order valence-corrected chi connectivity index (χ3v) is 5.98. The molecule has 4 nitrogen and oxygen atoms in total. The number of aryl methyl sites for hydroxylation is 1. The van der Waals surface area contributed by atoms with Gasteiger partial charge in [-0.2, -0.15) is 0 Å². The predicted octanol–water partition coefficient (Wildman–Crippen LogP) is 5.95. The number of hydrogen-bond acceptors (Lipinski definition) is 3. The Hall–Kier alpha value is -1.98. The van der Waals surface area contributed by atoms with E-state index in [4.69, 9.17) is 0 Å². The van der Waals surface area contributed by atoms with Crippen LogP contribution in [-0.2, 0) is 6.54 Å². The highest BCUT2D eigenvalue weighted by Crippen LogP contribution is 2.32. The minimum absolute atomic E-state index is 0.465. The first-order chi connectivity index (χ1) is 12.7. The molecule has 4 rings (SSSR count). The van der Waals surface area contributed by atoms with Crippen molar-refractivity contribution in [3.63, 3.8) is 0 Å². The summed E-state index contributed by atoms with van der Waals surface area (Å²) in [6.07, 6.45) is 3.74. The third kappa shape index (κ3) is 3.33. The summed E-state index contributed by atoms with van der Waals surface area (Å²) in [5, 5.41) is 4.24. The van der Waals surface area contributed by atoms with Gasteiger partial charge in [0.2, 0.25) is 0 Å². The Bertz CT molecular complexity index is 932. The summed E-state index contributed by atoms with van der Waals surface area (Å²) >= 11 is 3.58. The molecule has 134 valence electrons. The Morgan fingerprint density at radius 3 is 2.65 bits per heavy atom. The molecule has 1 aromatic heterocycles. The van der Waals surface area contributed by atoms with Gasteiger partial charge in [-0.05, 0) is 80.0 Å². The van der Waals surface area contributed by atoms with Crippen molar-refractivity contribution in [2.75, 3.05) is 13.6 Å². The maximum absolute atomic E-state index is 10.7. The molecule has 0 N–H and O–H groups in total. The Balaban J connectivity index is 1.73. The molecule has 0 saturated carbocycles. The van der Waals surface area contributed by atoms with E-state index in [9.17, 15) is 4.91 Å². The highest BCUT2D eigenvalue weighted by molar-refractivity contribution is 9.10. The van der Waals surface area contributed by atoms with E-state index in [1.165, 1.54) is 36.0 Å². The molecule has 3 aromatic rings. The van der Waals surface area contributed by atoms with Crippen LogP contribution in [-0.4, -0.2) is 29.1 Å². The van der Waals surface area contributed by atoms with E-state index in [1.807, 2.05) is 12.1 Å². The minimum atomic E-state index is 0.465. The van der Waals surface area contributed by atoms with Crippen LogP contribution in [0.15, 0.2) is 58.2 Å². The van der Waals surface area contributed by atoms with Crippen LogP contribution in [0.25, 0.3) is 22.2 Å². The zero-order chi connectivity index (χ0) is 18.1. The number of fused-ring (bicyclic) bond motifs is 1.